The summed E-state index contributed by atoms with van der Waals surface area (Å²) in [6, 6.07) is 0. The summed E-state index contributed by atoms with van der Waals surface area (Å²) in [5.74, 6) is 0.592. The molecule has 9 heavy (non-hydrogen) atoms. The lowest BCUT2D eigenvalue weighted by atomic mass is 10.8. The second kappa shape index (κ2) is 2.17. The van der Waals surface area contributed by atoms with Crippen LogP contribution in [-0.2, 0) is 0 Å². The van der Waals surface area contributed by atoms with Crippen LogP contribution in [-0.4, -0.2) is 15.9 Å². The molecule has 0 aliphatic rings. The SMILES string of the molecule is NC(N)=Nc1cnc[nH]1. The van der Waals surface area contributed by atoms with Gasteiger partial charge >= 0.3 is 0 Å². The molecule has 0 aliphatic carbocycles. The predicted octanol–water partition coefficient (Wildman–Crippen LogP) is -0.685. The number of guanidine groups is 1. The van der Waals surface area contributed by atoms with E-state index in [4.69, 9.17) is 11.5 Å². The largest absolute Gasteiger partial charge is 0.370 e. The summed E-state index contributed by atoms with van der Waals surface area (Å²) in [4.78, 5) is 10.1. The van der Waals surface area contributed by atoms with Crippen molar-refractivity contribution >= 4 is 11.8 Å². The summed E-state index contributed by atoms with van der Waals surface area (Å²) >= 11 is 0. The Morgan fingerprint density at radius 2 is 2.44 bits per heavy atom. The second-order valence-corrected chi connectivity index (χ2v) is 1.47. The van der Waals surface area contributed by atoms with Crippen LogP contribution < -0.4 is 11.5 Å². The number of nitrogens with two attached hydrogens (primary N) is 2. The Bertz CT molecular complexity index is 195. The lowest BCUT2D eigenvalue weighted by molar-refractivity contribution is 1.29. The van der Waals surface area contributed by atoms with E-state index in [9.17, 15) is 0 Å². The Morgan fingerprint density at radius 1 is 1.67 bits per heavy atom. The average molecular weight is 125 g/mol. The van der Waals surface area contributed by atoms with Gasteiger partial charge in [0, 0.05) is 0 Å². The van der Waals surface area contributed by atoms with E-state index in [-0.39, 0.29) is 5.96 Å². The van der Waals surface area contributed by atoms with Gasteiger partial charge in [-0.1, -0.05) is 0 Å². The van der Waals surface area contributed by atoms with E-state index in [1.165, 1.54) is 12.5 Å². The molecule has 0 atom stereocenters. The fourth-order valence-corrected chi connectivity index (χ4v) is 0.449. The molecule has 0 radical (unpaired) electrons. The molecule has 0 spiro atoms. The molecule has 5 nitrogen and oxygen atoms in total. The van der Waals surface area contributed by atoms with Gasteiger partial charge in [0.05, 0.1) is 12.5 Å². The number of aliphatic imine (C=N–C) groups is 1. The Hall–Kier alpha value is -1.52. The summed E-state index contributed by atoms with van der Waals surface area (Å²) < 4.78 is 0. The Kier molecular flexibility index (Phi) is 1.35. The third-order valence-corrected chi connectivity index (χ3v) is 0.733. The number of rotatable bonds is 1. The van der Waals surface area contributed by atoms with Crippen molar-refractivity contribution in [3.63, 3.8) is 0 Å². The number of aromatic nitrogens is 2. The zero-order valence-electron chi connectivity index (χ0n) is 4.70. The summed E-state index contributed by atoms with van der Waals surface area (Å²) in [6.45, 7) is 0. The smallest absolute Gasteiger partial charge is 0.192 e. The zero-order chi connectivity index (χ0) is 6.69. The van der Waals surface area contributed by atoms with Gasteiger partial charge in [-0.25, -0.2) is 4.98 Å². The first kappa shape index (κ1) is 5.61. The van der Waals surface area contributed by atoms with Gasteiger partial charge in [0.1, 0.15) is 0 Å². The number of hydrogen-bond donors (Lipinski definition) is 3. The molecule has 0 bridgehead atoms. The van der Waals surface area contributed by atoms with E-state index < -0.39 is 0 Å². The molecule has 1 aromatic rings. The van der Waals surface area contributed by atoms with Crippen LogP contribution in [0.1, 0.15) is 0 Å². The van der Waals surface area contributed by atoms with Gasteiger partial charge in [0.25, 0.3) is 0 Å². The van der Waals surface area contributed by atoms with Crippen LogP contribution in [0.25, 0.3) is 0 Å². The molecular formula is C4H7N5. The van der Waals surface area contributed by atoms with E-state index in [1.54, 1.807) is 0 Å². The first-order valence-electron chi connectivity index (χ1n) is 2.37. The van der Waals surface area contributed by atoms with Crippen molar-refractivity contribution in [2.75, 3.05) is 0 Å². The standard InChI is InChI=1S/C4H7N5/c5-4(6)9-3-1-7-2-8-3/h1-2H,(H,7,8)(H4,5,6,9). The molecule has 48 valence electrons. The normalized spacial score (nSPS) is 8.89. The minimum Gasteiger partial charge on any atom is -0.370 e. The van der Waals surface area contributed by atoms with Gasteiger partial charge in [-0.3, -0.25) is 0 Å². The topological polar surface area (TPSA) is 93.1 Å². The molecule has 0 saturated carbocycles. The number of imidazole rings is 1. The Balaban J connectivity index is 2.80. The third-order valence-electron chi connectivity index (χ3n) is 0.733. The molecule has 5 heteroatoms. The fraction of sp³-hybridized carbons (Fsp3) is 0. The van der Waals surface area contributed by atoms with Gasteiger partial charge in [-0.15, -0.1) is 0 Å². The monoisotopic (exact) mass is 125 g/mol. The quantitative estimate of drug-likeness (QED) is 0.342. The third kappa shape index (κ3) is 1.45. The van der Waals surface area contributed by atoms with Crippen LogP contribution in [0.3, 0.4) is 0 Å². The van der Waals surface area contributed by atoms with Gasteiger partial charge in [0.2, 0.25) is 0 Å². The predicted molar refractivity (Wildman–Crippen MR) is 34.1 cm³/mol. The van der Waals surface area contributed by atoms with E-state index >= 15 is 0 Å². The van der Waals surface area contributed by atoms with Gasteiger partial charge in [0.15, 0.2) is 11.8 Å². The van der Waals surface area contributed by atoms with Crippen molar-refractivity contribution in [2.24, 2.45) is 16.5 Å². The van der Waals surface area contributed by atoms with Crippen molar-refractivity contribution in [1.29, 1.82) is 0 Å². The fourth-order valence-electron chi connectivity index (χ4n) is 0.449. The lowest BCUT2D eigenvalue weighted by Crippen LogP contribution is -2.21. The molecule has 0 unspecified atom stereocenters. The van der Waals surface area contributed by atoms with Crippen molar-refractivity contribution in [3.05, 3.63) is 12.5 Å². The van der Waals surface area contributed by atoms with Crippen LogP contribution >= 0.6 is 0 Å². The minimum atomic E-state index is 0.0271. The highest BCUT2D eigenvalue weighted by Gasteiger charge is 1.86. The minimum absolute atomic E-state index is 0.0271. The molecule has 0 saturated heterocycles. The molecule has 1 heterocycles. The maximum absolute atomic E-state index is 5.06. The Labute approximate surface area is 51.8 Å². The summed E-state index contributed by atoms with van der Waals surface area (Å²) in [5, 5.41) is 0. The highest BCUT2D eigenvalue weighted by atomic mass is 15.1. The second-order valence-electron chi connectivity index (χ2n) is 1.47. The number of hydrogen-bond acceptors (Lipinski definition) is 2. The molecule has 5 N–H and O–H groups in total. The summed E-state index contributed by atoms with van der Waals surface area (Å²) in [5.41, 5.74) is 10.1. The van der Waals surface area contributed by atoms with E-state index in [2.05, 4.69) is 15.0 Å². The molecule has 0 aliphatic heterocycles. The van der Waals surface area contributed by atoms with Gasteiger partial charge in [-0.2, -0.15) is 4.99 Å². The average Bonchev–Trinajstić information content (AvgIpc) is 2.15. The molecule has 0 fully saturated rings. The van der Waals surface area contributed by atoms with E-state index in [1.807, 2.05) is 0 Å². The summed E-state index contributed by atoms with van der Waals surface area (Å²) in [7, 11) is 0. The highest BCUT2D eigenvalue weighted by molar-refractivity contribution is 5.78. The van der Waals surface area contributed by atoms with Crippen molar-refractivity contribution in [2.45, 2.75) is 0 Å². The maximum Gasteiger partial charge on any atom is 0.192 e. The molecule has 0 aromatic carbocycles. The number of nitrogens with one attached hydrogen (secondary N) is 1. The molecule has 1 rings (SSSR count). The molecular weight excluding hydrogens is 118 g/mol. The lowest BCUT2D eigenvalue weighted by Gasteiger charge is -1.85. The first-order valence-corrected chi connectivity index (χ1v) is 2.37. The van der Waals surface area contributed by atoms with Gasteiger partial charge < -0.3 is 16.5 Å². The van der Waals surface area contributed by atoms with E-state index in [0.717, 1.165) is 0 Å². The zero-order valence-corrected chi connectivity index (χ0v) is 4.70. The first-order chi connectivity index (χ1) is 4.29. The van der Waals surface area contributed by atoms with Gasteiger partial charge in [-0.05, 0) is 0 Å². The molecule has 1 aromatic heterocycles. The van der Waals surface area contributed by atoms with Crippen LogP contribution in [0.4, 0.5) is 5.82 Å². The van der Waals surface area contributed by atoms with Crippen LogP contribution in [0, 0.1) is 0 Å². The maximum atomic E-state index is 5.06. The summed E-state index contributed by atoms with van der Waals surface area (Å²) in [6.07, 6.45) is 3.03. The highest BCUT2D eigenvalue weighted by Crippen LogP contribution is 2.00. The number of H-pyrrole nitrogens is 1. The van der Waals surface area contributed by atoms with E-state index in [0.29, 0.717) is 5.82 Å². The van der Waals surface area contributed by atoms with Crippen LogP contribution in [0.5, 0.6) is 0 Å². The van der Waals surface area contributed by atoms with Crippen molar-refractivity contribution in [3.8, 4) is 0 Å². The van der Waals surface area contributed by atoms with Crippen molar-refractivity contribution < 1.29 is 0 Å². The number of aromatic amines is 1. The number of nitrogens with zero attached hydrogens (tertiary/aromatic N) is 2. The van der Waals surface area contributed by atoms with Crippen LogP contribution in [0.2, 0.25) is 0 Å². The molecule has 0 amide bonds. The van der Waals surface area contributed by atoms with Crippen molar-refractivity contribution in [1.82, 2.24) is 9.97 Å². The Morgan fingerprint density at radius 3 is 2.89 bits per heavy atom. The van der Waals surface area contributed by atoms with Crippen LogP contribution in [0.15, 0.2) is 17.5 Å².